The number of carbonyl (C=O) groups excluding carboxylic acids is 1. The van der Waals surface area contributed by atoms with Crippen molar-refractivity contribution in [1.82, 2.24) is 4.98 Å². The first-order valence-corrected chi connectivity index (χ1v) is 7.98. The van der Waals surface area contributed by atoms with Crippen molar-refractivity contribution in [3.8, 4) is 11.5 Å². The summed E-state index contributed by atoms with van der Waals surface area (Å²) >= 11 is 0. The Morgan fingerprint density at radius 3 is 2.54 bits per heavy atom. The van der Waals surface area contributed by atoms with Gasteiger partial charge in [0.25, 0.3) is 5.69 Å². The molecule has 0 aliphatic rings. The van der Waals surface area contributed by atoms with E-state index in [-0.39, 0.29) is 12.3 Å². The molecule has 0 atom stereocenters. The van der Waals surface area contributed by atoms with Crippen LogP contribution in [0.3, 0.4) is 0 Å². The van der Waals surface area contributed by atoms with Crippen LogP contribution in [-0.4, -0.2) is 22.5 Å². The number of aryl methyl sites for hydroxylation is 1. The average molecular weight is 352 g/mol. The summed E-state index contributed by atoms with van der Waals surface area (Å²) in [6.45, 7) is 3.86. The molecule has 7 heteroatoms. The Morgan fingerprint density at radius 2 is 1.88 bits per heavy atom. The Hall–Kier alpha value is -3.48. The highest BCUT2D eigenvalue weighted by Crippen LogP contribution is 2.31. The van der Waals surface area contributed by atoms with E-state index in [0.29, 0.717) is 28.0 Å². The molecule has 0 saturated heterocycles. The van der Waals surface area contributed by atoms with E-state index in [1.807, 2.05) is 6.92 Å². The van der Waals surface area contributed by atoms with E-state index in [4.69, 9.17) is 9.47 Å². The number of rotatable bonds is 5. The third-order valence-electron chi connectivity index (χ3n) is 3.69. The Kier molecular flexibility index (Phi) is 4.79. The second-order valence-electron chi connectivity index (χ2n) is 5.57. The SMILES string of the molecule is CCOC(=O)c1ccc2nc(C)cc(Oc3ccc([N+](=O)[O-])cc3)c2c1. The summed E-state index contributed by atoms with van der Waals surface area (Å²) in [6.07, 6.45) is 0. The van der Waals surface area contributed by atoms with E-state index in [0.717, 1.165) is 5.69 Å². The highest BCUT2D eigenvalue weighted by Gasteiger charge is 2.13. The van der Waals surface area contributed by atoms with Crippen LogP contribution in [0.15, 0.2) is 48.5 Å². The van der Waals surface area contributed by atoms with Gasteiger partial charge < -0.3 is 9.47 Å². The molecule has 7 nitrogen and oxygen atoms in total. The fourth-order valence-electron chi connectivity index (χ4n) is 2.51. The molecular formula is C19H16N2O5. The highest BCUT2D eigenvalue weighted by atomic mass is 16.6. The lowest BCUT2D eigenvalue weighted by Gasteiger charge is -2.11. The minimum Gasteiger partial charge on any atom is -0.462 e. The number of hydrogen-bond acceptors (Lipinski definition) is 6. The van der Waals surface area contributed by atoms with Crippen molar-refractivity contribution in [2.75, 3.05) is 6.61 Å². The fourth-order valence-corrected chi connectivity index (χ4v) is 2.51. The van der Waals surface area contributed by atoms with Crippen molar-refractivity contribution in [3.63, 3.8) is 0 Å². The monoisotopic (exact) mass is 352 g/mol. The van der Waals surface area contributed by atoms with Gasteiger partial charge in [-0.05, 0) is 44.2 Å². The number of nitro benzene ring substituents is 1. The maximum atomic E-state index is 12.0. The summed E-state index contributed by atoms with van der Waals surface area (Å²) < 4.78 is 10.9. The standard InChI is InChI=1S/C19H16N2O5/c1-3-25-19(22)13-4-9-17-16(11-13)18(10-12(2)20-17)26-15-7-5-14(6-8-15)21(23)24/h4-11H,3H2,1-2H3. The first-order chi connectivity index (χ1) is 12.5. The summed E-state index contributed by atoms with van der Waals surface area (Å²) in [5.41, 5.74) is 1.81. The molecule has 3 rings (SSSR count). The molecule has 0 N–H and O–H groups in total. The van der Waals surface area contributed by atoms with E-state index in [9.17, 15) is 14.9 Å². The van der Waals surface area contributed by atoms with Gasteiger partial charge in [0.15, 0.2) is 0 Å². The lowest BCUT2D eigenvalue weighted by molar-refractivity contribution is -0.384. The molecule has 0 unspecified atom stereocenters. The van der Waals surface area contributed by atoms with Crippen LogP contribution in [0.5, 0.6) is 11.5 Å². The molecule has 0 fully saturated rings. The van der Waals surface area contributed by atoms with Crippen molar-refractivity contribution in [2.45, 2.75) is 13.8 Å². The first-order valence-electron chi connectivity index (χ1n) is 7.98. The van der Waals surface area contributed by atoms with Crippen molar-refractivity contribution in [1.29, 1.82) is 0 Å². The van der Waals surface area contributed by atoms with Crippen LogP contribution in [0.2, 0.25) is 0 Å². The number of nitro groups is 1. The number of ether oxygens (including phenoxy) is 2. The number of aromatic nitrogens is 1. The van der Waals surface area contributed by atoms with Gasteiger partial charge in [0.05, 0.1) is 22.6 Å². The summed E-state index contributed by atoms with van der Waals surface area (Å²) in [4.78, 5) is 26.7. The molecule has 0 amide bonds. The van der Waals surface area contributed by atoms with Crippen LogP contribution in [-0.2, 0) is 4.74 Å². The zero-order chi connectivity index (χ0) is 18.7. The fraction of sp³-hybridized carbons (Fsp3) is 0.158. The average Bonchev–Trinajstić information content (AvgIpc) is 2.62. The molecule has 1 aromatic heterocycles. The molecule has 2 aromatic carbocycles. The lowest BCUT2D eigenvalue weighted by atomic mass is 10.1. The zero-order valence-corrected chi connectivity index (χ0v) is 14.3. The number of hydrogen-bond donors (Lipinski definition) is 0. The number of fused-ring (bicyclic) bond motifs is 1. The maximum absolute atomic E-state index is 12.0. The van der Waals surface area contributed by atoms with Crippen molar-refractivity contribution < 1.29 is 19.2 Å². The molecule has 0 aliphatic carbocycles. The molecule has 0 bridgehead atoms. The van der Waals surface area contributed by atoms with E-state index >= 15 is 0 Å². The summed E-state index contributed by atoms with van der Waals surface area (Å²) in [5.74, 6) is 0.535. The number of esters is 1. The number of pyridine rings is 1. The third-order valence-corrected chi connectivity index (χ3v) is 3.69. The number of carbonyl (C=O) groups is 1. The van der Waals surface area contributed by atoms with E-state index < -0.39 is 10.9 Å². The molecule has 1 heterocycles. The Morgan fingerprint density at radius 1 is 1.15 bits per heavy atom. The number of non-ortho nitro benzene ring substituents is 1. The molecule has 0 spiro atoms. The Balaban J connectivity index is 2.01. The van der Waals surface area contributed by atoms with Gasteiger partial charge in [-0.25, -0.2) is 4.79 Å². The van der Waals surface area contributed by atoms with Crippen LogP contribution in [0, 0.1) is 17.0 Å². The van der Waals surface area contributed by atoms with Crippen molar-refractivity contribution >= 4 is 22.6 Å². The summed E-state index contributed by atoms with van der Waals surface area (Å²) in [5, 5.41) is 11.4. The lowest BCUT2D eigenvalue weighted by Crippen LogP contribution is -2.04. The van der Waals surface area contributed by atoms with E-state index in [1.54, 1.807) is 31.2 Å². The summed E-state index contributed by atoms with van der Waals surface area (Å²) in [7, 11) is 0. The topological polar surface area (TPSA) is 91.6 Å². The van der Waals surface area contributed by atoms with Gasteiger partial charge in [0, 0.05) is 29.3 Å². The smallest absolute Gasteiger partial charge is 0.338 e. The minimum atomic E-state index is -0.471. The maximum Gasteiger partial charge on any atom is 0.338 e. The second kappa shape index (κ2) is 7.18. The van der Waals surface area contributed by atoms with Crippen LogP contribution in [0.25, 0.3) is 10.9 Å². The van der Waals surface area contributed by atoms with Crippen LogP contribution < -0.4 is 4.74 Å². The van der Waals surface area contributed by atoms with Gasteiger partial charge in [-0.1, -0.05) is 0 Å². The highest BCUT2D eigenvalue weighted by molar-refractivity contribution is 5.96. The van der Waals surface area contributed by atoms with Crippen LogP contribution in [0.1, 0.15) is 23.0 Å². The predicted molar refractivity (Wildman–Crippen MR) is 95.6 cm³/mol. The predicted octanol–water partition coefficient (Wildman–Crippen LogP) is 4.42. The van der Waals surface area contributed by atoms with Gasteiger partial charge in [-0.3, -0.25) is 15.1 Å². The van der Waals surface area contributed by atoms with Gasteiger partial charge in [0.1, 0.15) is 11.5 Å². The first kappa shape index (κ1) is 17.3. The largest absolute Gasteiger partial charge is 0.462 e. The third kappa shape index (κ3) is 3.61. The minimum absolute atomic E-state index is 0.0160. The van der Waals surface area contributed by atoms with Crippen molar-refractivity contribution in [3.05, 3.63) is 69.9 Å². The van der Waals surface area contributed by atoms with Crippen molar-refractivity contribution in [2.24, 2.45) is 0 Å². The van der Waals surface area contributed by atoms with Crippen LogP contribution in [0.4, 0.5) is 5.69 Å². The van der Waals surface area contributed by atoms with Gasteiger partial charge in [-0.2, -0.15) is 0 Å². The zero-order valence-electron chi connectivity index (χ0n) is 14.3. The normalized spacial score (nSPS) is 10.5. The van der Waals surface area contributed by atoms with Gasteiger partial charge in [-0.15, -0.1) is 0 Å². The second-order valence-corrected chi connectivity index (χ2v) is 5.57. The molecule has 0 saturated carbocycles. The Bertz CT molecular complexity index is 983. The van der Waals surface area contributed by atoms with Gasteiger partial charge in [0.2, 0.25) is 0 Å². The number of benzene rings is 2. The molecular weight excluding hydrogens is 336 g/mol. The quantitative estimate of drug-likeness (QED) is 0.383. The molecule has 132 valence electrons. The Labute approximate surface area is 149 Å². The van der Waals surface area contributed by atoms with E-state index in [1.165, 1.54) is 24.3 Å². The molecule has 0 aliphatic heterocycles. The van der Waals surface area contributed by atoms with Gasteiger partial charge >= 0.3 is 5.97 Å². The molecule has 0 radical (unpaired) electrons. The summed E-state index contributed by atoms with van der Waals surface area (Å²) in [6, 6.07) is 12.6. The van der Waals surface area contributed by atoms with Crippen LogP contribution >= 0.6 is 0 Å². The molecule has 3 aromatic rings. The number of nitrogens with zero attached hydrogens (tertiary/aromatic N) is 2. The van der Waals surface area contributed by atoms with E-state index in [2.05, 4.69) is 4.98 Å². The molecule has 26 heavy (non-hydrogen) atoms.